The molecule has 1 aliphatic heterocycles. The van der Waals surface area contributed by atoms with Gasteiger partial charge in [0, 0.05) is 28.4 Å². The quantitative estimate of drug-likeness (QED) is 0.262. The lowest BCUT2D eigenvalue weighted by Gasteiger charge is -2.24. The predicted molar refractivity (Wildman–Crippen MR) is 139 cm³/mol. The van der Waals surface area contributed by atoms with Crippen LogP contribution < -0.4 is 9.47 Å². The Balaban J connectivity index is 1.23. The molecule has 1 N–H and O–H groups in total. The van der Waals surface area contributed by atoms with Gasteiger partial charge in [-0.3, -0.25) is 14.3 Å². The summed E-state index contributed by atoms with van der Waals surface area (Å²) in [6, 6.07) is 19.3. The number of carbonyl (C=O) groups excluding carboxylic acids is 1. The van der Waals surface area contributed by atoms with Gasteiger partial charge in [0.25, 0.3) is 0 Å². The second-order valence-electron chi connectivity index (χ2n) is 8.71. The third-order valence-electron chi connectivity index (χ3n) is 6.10. The van der Waals surface area contributed by atoms with Crippen LogP contribution in [-0.4, -0.2) is 33.2 Å². The summed E-state index contributed by atoms with van der Waals surface area (Å²) < 4.78 is 13.3. The highest BCUT2D eigenvalue weighted by molar-refractivity contribution is 6.32. The Kier molecular flexibility index (Phi) is 7.17. The summed E-state index contributed by atoms with van der Waals surface area (Å²) in [5.74, 6) is -0.371. The summed E-state index contributed by atoms with van der Waals surface area (Å²) in [7, 11) is 0. The molecule has 0 saturated carbocycles. The van der Waals surface area contributed by atoms with Crippen LogP contribution in [0.15, 0.2) is 72.9 Å². The smallest absolute Gasteiger partial charge is 0.311 e. The highest BCUT2D eigenvalue weighted by Crippen LogP contribution is 2.41. The van der Waals surface area contributed by atoms with E-state index in [-0.39, 0.29) is 17.2 Å². The summed E-state index contributed by atoms with van der Waals surface area (Å²) >= 11 is 12.3. The largest absolute Gasteiger partial charge is 0.493 e. The van der Waals surface area contributed by atoms with E-state index in [2.05, 4.69) is 5.10 Å². The van der Waals surface area contributed by atoms with Crippen molar-refractivity contribution in [3.05, 3.63) is 105 Å². The molecule has 1 aliphatic rings. The van der Waals surface area contributed by atoms with Gasteiger partial charge in [0.05, 0.1) is 36.2 Å². The van der Waals surface area contributed by atoms with Gasteiger partial charge in [0.15, 0.2) is 5.78 Å². The van der Waals surface area contributed by atoms with Crippen LogP contribution in [0, 0.1) is 0 Å². The first kappa shape index (κ1) is 24.9. The average molecular weight is 537 g/mol. The maximum atomic E-state index is 12.8. The number of benzene rings is 3. The molecule has 9 heteroatoms. The molecule has 4 aromatic rings. The monoisotopic (exact) mass is 536 g/mol. The highest BCUT2D eigenvalue weighted by atomic mass is 35.5. The van der Waals surface area contributed by atoms with Gasteiger partial charge in [-0.2, -0.15) is 5.10 Å². The first-order chi connectivity index (χ1) is 17.9. The number of fused-ring (bicyclic) bond motifs is 1. The number of rotatable bonds is 8. The van der Waals surface area contributed by atoms with Gasteiger partial charge in [-0.05, 0) is 60.5 Å². The molecule has 5 rings (SSSR count). The first-order valence-corrected chi connectivity index (χ1v) is 12.4. The van der Waals surface area contributed by atoms with Crippen LogP contribution in [0.25, 0.3) is 0 Å². The number of aliphatic carboxylic acids is 1. The van der Waals surface area contributed by atoms with Crippen molar-refractivity contribution in [1.82, 2.24) is 9.78 Å². The number of hydrogen-bond acceptors (Lipinski definition) is 5. The minimum absolute atomic E-state index is 0.0665. The lowest BCUT2D eigenvalue weighted by Crippen LogP contribution is -2.20. The van der Waals surface area contributed by atoms with Crippen molar-refractivity contribution in [3.63, 3.8) is 0 Å². The van der Waals surface area contributed by atoms with E-state index in [0.717, 1.165) is 5.56 Å². The minimum Gasteiger partial charge on any atom is -0.493 e. The van der Waals surface area contributed by atoms with E-state index in [1.807, 2.05) is 36.5 Å². The van der Waals surface area contributed by atoms with Crippen molar-refractivity contribution < 1.29 is 24.2 Å². The highest BCUT2D eigenvalue weighted by Gasteiger charge is 2.29. The van der Waals surface area contributed by atoms with Gasteiger partial charge in [0.2, 0.25) is 0 Å². The Hall–Kier alpha value is -3.81. The third kappa shape index (κ3) is 5.79. The molecule has 1 atom stereocenters. The SMILES string of the molecule is O=C(Cc1ccn(Cc2ccc(Cl)cc2)n1)c1ccc(Oc2cc3c(cc2Cl)C(C(=O)O)CCO3)cc1. The lowest BCUT2D eigenvalue weighted by molar-refractivity contribution is -0.139. The van der Waals surface area contributed by atoms with Crippen LogP contribution in [0.3, 0.4) is 0 Å². The van der Waals surface area contributed by atoms with Crippen molar-refractivity contribution in [2.75, 3.05) is 6.61 Å². The van der Waals surface area contributed by atoms with Gasteiger partial charge in [-0.1, -0.05) is 35.3 Å². The molecule has 0 spiro atoms. The molecule has 1 unspecified atom stereocenters. The second-order valence-corrected chi connectivity index (χ2v) is 9.55. The number of nitrogens with zero attached hydrogens (tertiary/aromatic N) is 2. The molecule has 3 aromatic carbocycles. The Labute approximate surface area is 223 Å². The average Bonchev–Trinajstić information content (AvgIpc) is 3.32. The summed E-state index contributed by atoms with van der Waals surface area (Å²) in [4.78, 5) is 24.3. The fourth-order valence-corrected chi connectivity index (χ4v) is 4.53. The number of carbonyl (C=O) groups is 2. The minimum atomic E-state index is -0.914. The van der Waals surface area contributed by atoms with Gasteiger partial charge in [-0.25, -0.2) is 0 Å². The van der Waals surface area contributed by atoms with Crippen molar-refractivity contribution in [3.8, 4) is 17.2 Å². The molecule has 0 bridgehead atoms. The van der Waals surface area contributed by atoms with E-state index >= 15 is 0 Å². The zero-order valence-corrected chi connectivity index (χ0v) is 21.1. The number of hydrogen-bond donors (Lipinski definition) is 1. The molecule has 0 saturated heterocycles. The maximum Gasteiger partial charge on any atom is 0.311 e. The van der Waals surface area contributed by atoms with Crippen LogP contribution in [0.2, 0.25) is 10.0 Å². The van der Waals surface area contributed by atoms with Gasteiger partial charge in [0.1, 0.15) is 17.2 Å². The van der Waals surface area contributed by atoms with Crippen LogP contribution in [-0.2, 0) is 17.8 Å². The van der Waals surface area contributed by atoms with Crippen molar-refractivity contribution in [1.29, 1.82) is 0 Å². The number of Topliss-reactive ketones (excluding diaryl/α,β-unsaturated/α-hetero) is 1. The Morgan fingerprint density at radius 3 is 2.54 bits per heavy atom. The lowest BCUT2D eigenvalue weighted by atomic mass is 9.93. The molecular formula is C28H22Cl2N2O5. The molecule has 0 amide bonds. The summed E-state index contributed by atoms with van der Waals surface area (Å²) in [6.07, 6.45) is 2.41. The summed E-state index contributed by atoms with van der Waals surface area (Å²) in [5.41, 5.74) is 2.81. The number of aromatic nitrogens is 2. The normalized spacial score (nSPS) is 14.5. The molecule has 188 valence electrons. The van der Waals surface area contributed by atoms with Gasteiger partial charge >= 0.3 is 5.97 Å². The van der Waals surface area contributed by atoms with Crippen LogP contribution in [0.4, 0.5) is 0 Å². The number of ether oxygens (including phenoxy) is 2. The van der Waals surface area contributed by atoms with Crippen LogP contribution in [0.5, 0.6) is 17.2 Å². The molecule has 7 nitrogen and oxygen atoms in total. The van der Waals surface area contributed by atoms with Gasteiger partial charge in [-0.15, -0.1) is 0 Å². The molecule has 0 radical (unpaired) electrons. The summed E-state index contributed by atoms with van der Waals surface area (Å²) in [5, 5.41) is 14.9. The van der Waals surface area contributed by atoms with Crippen molar-refractivity contribution in [2.24, 2.45) is 0 Å². The Bertz CT molecular complexity index is 1450. The zero-order valence-electron chi connectivity index (χ0n) is 19.6. The maximum absolute atomic E-state index is 12.8. The third-order valence-corrected chi connectivity index (χ3v) is 6.65. The summed E-state index contributed by atoms with van der Waals surface area (Å²) in [6.45, 7) is 0.895. The van der Waals surface area contributed by atoms with E-state index in [0.29, 0.717) is 58.7 Å². The first-order valence-electron chi connectivity index (χ1n) is 11.6. The molecular weight excluding hydrogens is 515 g/mol. The Morgan fingerprint density at radius 1 is 1.05 bits per heavy atom. The van der Waals surface area contributed by atoms with Crippen LogP contribution >= 0.6 is 23.2 Å². The molecule has 0 fully saturated rings. The number of carboxylic acid groups (broad SMARTS) is 1. The molecule has 0 aliphatic carbocycles. The number of ketones is 1. The standard InChI is InChI=1S/C28H22Cl2N2O5/c29-19-5-1-17(2-6-19)16-32-11-9-20(31-32)13-25(33)18-3-7-21(8-4-18)37-27-15-26-23(14-24(27)30)22(28(34)35)10-12-36-26/h1-9,11,14-15,22H,10,12-13,16H2,(H,34,35). The zero-order chi connectivity index (χ0) is 25.9. The van der Waals surface area contributed by atoms with E-state index in [9.17, 15) is 14.7 Å². The predicted octanol–water partition coefficient (Wildman–Crippen LogP) is 6.41. The van der Waals surface area contributed by atoms with E-state index in [1.165, 1.54) is 0 Å². The van der Waals surface area contributed by atoms with E-state index in [4.69, 9.17) is 32.7 Å². The fourth-order valence-electron chi connectivity index (χ4n) is 4.19. The fraction of sp³-hybridized carbons (Fsp3) is 0.179. The topological polar surface area (TPSA) is 90.7 Å². The van der Waals surface area contributed by atoms with Crippen molar-refractivity contribution >= 4 is 35.0 Å². The van der Waals surface area contributed by atoms with E-state index < -0.39 is 11.9 Å². The second kappa shape index (κ2) is 10.7. The Morgan fingerprint density at radius 2 is 1.81 bits per heavy atom. The van der Waals surface area contributed by atoms with Crippen molar-refractivity contribution in [2.45, 2.75) is 25.3 Å². The molecule has 2 heterocycles. The molecule has 37 heavy (non-hydrogen) atoms. The van der Waals surface area contributed by atoms with E-state index in [1.54, 1.807) is 41.1 Å². The van der Waals surface area contributed by atoms with Crippen LogP contribution in [0.1, 0.15) is 39.5 Å². The number of carboxylic acids is 1. The van der Waals surface area contributed by atoms with Gasteiger partial charge < -0.3 is 14.6 Å². The number of halogens is 2. The molecule has 1 aromatic heterocycles.